The Morgan fingerprint density at radius 3 is 1.64 bits per heavy atom. The first-order chi connectivity index (χ1) is 10.7. The van der Waals surface area contributed by atoms with Crippen LogP contribution in [0.5, 0.6) is 11.5 Å². The Morgan fingerprint density at radius 1 is 0.818 bits per heavy atom. The number of ether oxygens (including phenoxy) is 2. The van der Waals surface area contributed by atoms with E-state index in [1.807, 2.05) is 0 Å². The number of carbonyl (C=O) groups excluding carboxylic acids is 2. The lowest BCUT2D eigenvalue weighted by atomic mass is 10.2. The molecule has 2 heterocycles. The van der Waals surface area contributed by atoms with E-state index in [4.69, 9.17) is 9.47 Å². The largest absolute Gasteiger partial charge is 0.425 e. The molecule has 0 amide bonds. The van der Waals surface area contributed by atoms with Gasteiger partial charge in [-0.05, 0) is 37.1 Å². The van der Waals surface area contributed by atoms with Crippen molar-refractivity contribution in [3.8, 4) is 11.5 Å². The van der Waals surface area contributed by atoms with Crippen LogP contribution in [-0.4, -0.2) is 21.9 Å². The summed E-state index contributed by atoms with van der Waals surface area (Å²) in [7, 11) is 0. The monoisotopic (exact) mass is 300 g/mol. The zero-order valence-electron chi connectivity index (χ0n) is 12.0. The molecule has 0 atom stereocenters. The molecule has 2 aromatic rings. The van der Waals surface area contributed by atoms with Crippen LogP contribution in [0.15, 0.2) is 49.1 Å². The summed E-state index contributed by atoms with van der Waals surface area (Å²) in [4.78, 5) is 30.9. The van der Waals surface area contributed by atoms with Crippen LogP contribution in [0.25, 0.3) is 0 Å². The van der Waals surface area contributed by atoms with Gasteiger partial charge in [0.05, 0.1) is 12.4 Å². The first kappa shape index (κ1) is 15.6. The standard InChI is InChI=1S/C16H16N2O4/c19-15(21-13-5-3-9-17-11-13)7-1-2-8-16(20)22-14-6-4-10-18-12-14/h3-6,9-12H,1-2,7-8H2. The predicted octanol–water partition coefficient (Wildman–Crippen LogP) is 2.55. The minimum atomic E-state index is -0.339. The molecule has 114 valence electrons. The van der Waals surface area contributed by atoms with Crippen molar-refractivity contribution in [2.45, 2.75) is 25.7 Å². The van der Waals surface area contributed by atoms with Crippen LogP contribution in [0, 0.1) is 0 Å². The van der Waals surface area contributed by atoms with Gasteiger partial charge in [0.1, 0.15) is 11.5 Å². The highest BCUT2D eigenvalue weighted by Crippen LogP contribution is 2.11. The summed E-state index contributed by atoms with van der Waals surface area (Å²) in [6.45, 7) is 0. The lowest BCUT2D eigenvalue weighted by Crippen LogP contribution is -2.10. The van der Waals surface area contributed by atoms with Crippen LogP contribution in [0.4, 0.5) is 0 Å². The van der Waals surface area contributed by atoms with Gasteiger partial charge in [0.15, 0.2) is 0 Å². The Kier molecular flexibility index (Phi) is 6.04. The van der Waals surface area contributed by atoms with Crippen LogP contribution in [0.3, 0.4) is 0 Å². The van der Waals surface area contributed by atoms with Gasteiger partial charge >= 0.3 is 11.9 Å². The van der Waals surface area contributed by atoms with Crippen molar-refractivity contribution in [2.24, 2.45) is 0 Å². The van der Waals surface area contributed by atoms with E-state index in [0.29, 0.717) is 24.3 Å². The molecule has 0 spiro atoms. The molecule has 0 N–H and O–H groups in total. The molecule has 0 fully saturated rings. The van der Waals surface area contributed by atoms with Crippen LogP contribution in [-0.2, 0) is 9.59 Å². The molecule has 0 aromatic carbocycles. The topological polar surface area (TPSA) is 78.4 Å². The van der Waals surface area contributed by atoms with Crippen LogP contribution >= 0.6 is 0 Å². The summed E-state index contributed by atoms with van der Waals surface area (Å²) in [6.07, 6.45) is 7.76. The van der Waals surface area contributed by atoms with E-state index in [9.17, 15) is 9.59 Å². The molecule has 0 saturated carbocycles. The van der Waals surface area contributed by atoms with Gasteiger partial charge < -0.3 is 9.47 Å². The quantitative estimate of drug-likeness (QED) is 0.577. The Morgan fingerprint density at radius 2 is 1.27 bits per heavy atom. The second-order valence-electron chi connectivity index (χ2n) is 4.53. The van der Waals surface area contributed by atoms with E-state index in [0.717, 1.165) is 0 Å². The molecule has 0 aliphatic carbocycles. The average molecular weight is 300 g/mol. The lowest BCUT2D eigenvalue weighted by Gasteiger charge is -2.04. The Bertz CT molecular complexity index is 547. The number of hydrogen-bond acceptors (Lipinski definition) is 6. The zero-order valence-corrected chi connectivity index (χ0v) is 12.0. The Labute approximate surface area is 128 Å². The van der Waals surface area contributed by atoms with Gasteiger partial charge in [0.25, 0.3) is 0 Å². The Hall–Kier alpha value is -2.76. The van der Waals surface area contributed by atoms with E-state index in [1.165, 1.54) is 12.4 Å². The fourth-order valence-electron chi connectivity index (χ4n) is 1.72. The highest BCUT2D eigenvalue weighted by Gasteiger charge is 2.08. The lowest BCUT2D eigenvalue weighted by molar-refractivity contribution is -0.136. The number of rotatable bonds is 7. The maximum absolute atomic E-state index is 11.6. The van der Waals surface area contributed by atoms with E-state index in [-0.39, 0.29) is 24.8 Å². The first-order valence-corrected chi connectivity index (χ1v) is 6.95. The predicted molar refractivity (Wildman–Crippen MR) is 78.2 cm³/mol. The summed E-state index contributed by atoms with van der Waals surface area (Å²) in [6, 6.07) is 6.71. The molecule has 6 nitrogen and oxygen atoms in total. The van der Waals surface area contributed by atoms with Crippen LogP contribution in [0.1, 0.15) is 25.7 Å². The molecular weight excluding hydrogens is 284 g/mol. The van der Waals surface area contributed by atoms with E-state index < -0.39 is 0 Å². The summed E-state index contributed by atoms with van der Waals surface area (Å²) >= 11 is 0. The van der Waals surface area contributed by atoms with Gasteiger partial charge in [-0.15, -0.1) is 0 Å². The molecule has 6 heteroatoms. The molecule has 2 aromatic heterocycles. The molecule has 0 unspecified atom stereocenters. The first-order valence-electron chi connectivity index (χ1n) is 6.95. The van der Waals surface area contributed by atoms with E-state index in [2.05, 4.69) is 9.97 Å². The molecule has 0 bridgehead atoms. The molecule has 2 rings (SSSR count). The summed E-state index contributed by atoms with van der Waals surface area (Å²) in [5.74, 6) is 0.161. The smallest absolute Gasteiger partial charge is 0.311 e. The number of esters is 2. The molecule has 0 aliphatic rings. The van der Waals surface area contributed by atoms with E-state index >= 15 is 0 Å². The van der Waals surface area contributed by atoms with Crippen molar-refractivity contribution in [3.05, 3.63) is 49.1 Å². The number of unbranched alkanes of at least 4 members (excludes halogenated alkanes) is 1. The van der Waals surface area contributed by atoms with Crippen molar-refractivity contribution >= 4 is 11.9 Å². The number of carbonyl (C=O) groups is 2. The molecule has 0 saturated heterocycles. The second-order valence-corrected chi connectivity index (χ2v) is 4.53. The maximum Gasteiger partial charge on any atom is 0.311 e. The SMILES string of the molecule is O=C(CCCCC(=O)Oc1cccnc1)Oc1cccnc1. The van der Waals surface area contributed by atoms with Gasteiger partial charge in [0.2, 0.25) is 0 Å². The van der Waals surface area contributed by atoms with Crippen molar-refractivity contribution < 1.29 is 19.1 Å². The van der Waals surface area contributed by atoms with Gasteiger partial charge in [-0.25, -0.2) is 0 Å². The zero-order chi connectivity index (χ0) is 15.6. The fraction of sp³-hybridized carbons (Fsp3) is 0.250. The van der Waals surface area contributed by atoms with Crippen molar-refractivity contribution in [3.63, 3.8) is 0 Å². The average Bonchev–Trinajstić information content (AvgIpc) is 2.53. The molecule has 22 heavy (non-hydrogen) atoms. The molecule has 0 radical (unpaired) electrons. The number of hydrogen-bond donors (Lipinski definition) is 0. The number of pyridine rings is 2. The van der Waals surface area contributed by atoms with Crippen molar-refractivity contribution in [1.29, 1.82) is 0 Å². The van der Waals surface area contributed by atoms with Crippen molar-refractivity contribution in [1.82, 2.24) is 9.97 Å². The summed E-state index contributed by atoms with van der Waals surface area (Å²) < 4.78 is 10.2. The van der Waals surface area contributed by atoms with Crippen molar-refractivity contribution in [2.75, 3.05) is 0 Å². The van der Waals surface area contributed by atoms with Gasteiger partial charge in [0, 0.05) is 25.2 Å². The summed E-state index contributed by atoms with van der Waals surface area (Å²) in [5, 5.41) is 0. The van der Waals surface area contributed by atoms with E-state index in [1.54, 1.807) is 36.7 Å². The highest BCUT2D eigenvalue weighted by atomic mass is 16.5. The third-order valence-corrected chi connectivity index (χ3v) is 2.74. The van der Waals surface area contributed by atoms with Gasteiger partial charge in [-0.1, -0.05) is 0 Å². The summed E-state index contributed by atoms with van der Waals surface area (Å²) in [5.41, 5.74) is 0. The third kappa shape index (κ3) is 5.70. The molecular formula is C16H16N2O4. The number of nitrogens with zero attached hydrogens (tertiary/aromatic N) is 2. The van der Waals surface area contributed by atoms with Crippen LogP contribution < -0.4 is 9.47 Å². The third-order valence-electron chi connectivity index (χ3n) is 2.74. The maximum atomic E-state index is 11.6. The normalized spacial score (nSPS) is 10.0. The number of aromatic nitrogens is 2. The highest BCUT2D eigenvalue weighted by molar-refractivity contribution is 5.73. The molecule has 0 aliphatic heterocycles. The minimum absolute atomic E-state index is 0.245. The van der Waals surface area contributed by atoms with Crippen LogP contribution in [0.2, 0.25) is 0 Å². The second kappa shape index (κ2) is 8.51. The van der Waals surface area contributed by atoms with Gasteiger partial charge in [-0.2, -0.15) is 0 Å². The van der Waals surface area contributed by atoms with Gasteiger partial charge in [-0.3, -0.25) is 19.6 Å². The Balaban J connectivity index is 1.60. The minimum Gasteiger partial charge on any atom is -0.425 e. The fourth-order valence-corrected chi connectivity index (χ4v) is 1.72.